The van der Waals surface area contributed by atoms with Crippen LogP contribution in [0.4, 0.5) is 0 Å². The maximum absolute atomic E-state index is 12.3. The monoisotopic (exact) mass is 513 g/mol. The molecule has 0 bridgehead atoms. The van der Waals surface area contributed by atoms with E-state index in [0.29, 0.717) is 26.4 Å². The Morgan fingerprint density at radius 2 is 1.35 bits per heavy atom. The number of ether oxygens (including phenoxy) is 4. The number of aldehydes is 1. The van der Waals surface area contributed by atoms with E-state index in [1.54, 1.807) is 0 Å². The molecule has 0 spiro atoms. The Balaban J connectivity index is 2.05. The van der Waals surface area contributed by atoms with E-state index in [9.17, 15) is 4.79 Å². The van der Waals surface area contributed by atoms with Gasteiger partial charge in [-0.25, -0.2) is 0 Å². The molecule has 2 aromatic carbocycles. The summed E-state index contributed by atoms with van der Waals surface area (Å²) in [5, 5.41) is 0. The van der Waals surface area contributed by atoms with E-state index in [2.05, 4.69) is 37.9 Å². The van der Waals surface area contributed by atoms with Crippen LogP contribution in [0.5, 0.6) is 23.0 Å². The molecule has 0 fully saturated rings. The quantitative estimate of drug-likeness (QED) is 0.208. The van der Waals surface area contributed by atoms with Crippen molar-refractivity contribution in [3.63, 3.8) is 0 Å². The normalized spacial score (nSPS) is 12.0. The Morgan fingerprint density at radius 3 is 1.86 bits per heavy atom. The highest BCUT2D eigenvalue weighted by Gasteiger charge is 2.22. The Kier molecular flexibility index (Phi) is 13.3. The third-order valence-corrected chi connectivity index (χ3v) is 6.30. The second-order valence-electron chi connectivity index (χ2n) is 9.56. The van der Waals surface area contributed by atoms with Gasteiger partial charge < -0.3 is 28.6 Å². The van der Waals surface area contributed by atoms with Crippen LogP contribution in [-0.4, -0.2) is 57.8 Å². The maximum Gasteiger partial charge on any atom is 0.127 e. The molecule has 0 aliphatic heterocycles. The van der Waals surface area contributed by atoms with Crippen molar-refractivity contribution in [3.05, 3.63) is 47.0 Å². The first kappa shape index (κ1) is 30.5. The highest BCUT2D eigenvalue weighted by Crippen LogP contribution is 2.39. The van der Waals surface area contributed by atoms with Gasteiger partial charge in [0.2, 0.25) is 0 Å². The van der Waals surface area contributed by atoms with E-state index in [0.717, 1.165) is 72.8 Å². The summed E-state index contributed by atoms with van der Waals surface area (Å²) in [7, 11) is 2.13. The molecular weight excluding hydrogens is 466 g/mol. The predicted octanol–water partition coefficient (Wildman–Crippen LogP) is 6.64. The molecule has 0 N–H and O–H groups in total. The third kappa shape index (κ3) is 9.58. The maximum atomic E-state index is 12.3. The number of nitrogens with zero attached hydrogens (tertiary/aromatic N) is 1. The topological polar surface area (TPSA) is 57.2 Å². The Bertz CT molecular complexity index is 935. The van der Waals surface area contributed by atoms with Crippen molar-refractivity contribution in [3.8, 4) is 23.0 Å². The van der Waals surface area contributed by atoms with Crippen LogP contribution < -0.4 is 18.9 Å². The number of likely N-dealkylation sites (N-methyl/N-ethyl adjacent to an activating group) is 1. The Morgan fingerprint density at radius 1 is 0.784 bits per heavy atom. The fraction of sp³-hybridized carbons (Fsp3) is 0.581. The second-order valence-corrected chi connectivity index (χ2v) is 9.56. The first-order chi connectivity index (χ1) is 17.9. The minimum absolute atomic E-state index is 0.193. The lowest BCUT2D eigenvalue weighted by Gasteiger charge is -2.24. The van der Waals surface area contributed by atoms with E-state index in [-0.39, 0.29) is 11.8 Å². The van der Waals surface area contributed by atoms with Crippen LogP contribution in [0.3, 0.4) is 0 Å². The first-order valence-corrected chi connectivity index (χ1v) is 13.8. The molecule has 0 unspecified atom stereocenters. The van der Waals surface area contributed by atoms with Crippen molar-refractivity contribution in [2.24, 2.45) is 0 Å². The van der Waals surface area contributed by atoms with Crippen LogP contribution in [0.15, 0.2) is 30.3 Å². The summed E-state index contributed by atoms with van der Waals surface area (Å²) in [6.45, 7) is 16.5. The number of benzene rings is 2. The van der Waals surface area contributed by atoms with Crippen LogP contribution in [-0.2, 0) is 11.2 Å². The number of rotatable bonds is 18. The molecule has 0 aromatic heterocycles. The predicted molar refractivity (Wildman–Crippen MR) is 151 cm³/mol. The summed E-state index contributed by atoms with van der Waals surface area (Å²) in [5.74, 6) is 3.33. The molecule has 0 saturated carbocycles. The second kappa shape index (κ2) is 16.2. The fourth-order valence-corrected chi connectivity index (χ4v) is 4.66. The molecule has 2 rings (SSSR count). The van der Waals surface area contributed by atoms with Gasteiger partial charge in [-0.05, 0) is 95.8 Å². The van der Waals surface area contributed by atoms with E-state index in [1.807, 2.05) is 45.9 Å². The van der Waals surface area contributed by atoms with Crippen molar-refractivity contribution in [2.45, 2.75) is 72.6 Å². The average Bonchev–Trinajstić information content (AvgIpc) is 2.85. The summed E-state index contributed by atoms with van der Waals surface area (Å²) in [5.41, 5.74) is 3.33. The molecule has 0 amide bonds. The van der Waals surface area contributed by atoms with Crippen molar-refractivity contribution >= 4 is 6.29 Å². The van der Waals surface area contributed by atoms with Crippen LogP contribution >= 0.6 is 0 Å². The van der Waals surface area contributed by atoms with Gasteiger partial charge in [0.1, 0.15) is 29.3 Å². The third-order valence-electron chi connectivity index (χ3n) is 6.30. The zero-order valence-electron chi connectivity index (χ0n) is 24.0. The number of hydrogen-bond donors (Lipinski definition) is 0. The van der Waals surface area contributed by atoms with Crippen molar-refractivity contribution in [1.29, 1.82) is 0 Å². The van der Waals surface area contributed by atoms with Gasteiger partial charge in [0.25, 0.3) is 0 Å². The summed E-state index contributed by atoms with van der Waals surface area (Å²) in [6.07, 6.45) is 3.69. The molecule has 0 aliphatic rings. The van der Waals surface area contributed by atoms with Crippen LogP contribution in [0.1, 0.15) is 82.9 Å². The van der Waals surface area contributed by atoms with Crippen molar-refractivity contribution < 1.29 is 23.7 Å². The number of carbonyl (C=O) groups is 1. The van der Waals surface area contributed by atoms with Crippen LogP contribution in [0.2, 0.25) is 0 Å². The first-order valence-electron chi connectivity index (χ1n) is 13.8. The molecule has 206 valence electrons. The van der Waals surface area contributed by atoms with Gasteiger partial charge in [0, 0.05) is 30.2 Å². The molecule has 6 heteroatoms. The van der Waals surface area contributed by atoms with Gasteiger partial charge in [0.15, 0.2) is 0 Å². The fourth-order valence-electron chi connectivity index (χ4n) is 4.66. The molecule has 0 aliphatic carbocycles. The Labute approximate surface area is 224 Å². The summed E-state index contributed by atoms with van der Waals surface area (Å²) < 4.78 is 23.2. The minimum atomic E-state index is -0.193. The molecule has 37 heavy (non-hydrogen) atoms. The summed E-state index contributed by atoms with van der Waals surface area (Å²) in [4.78, 5) is 14.6. The van der Waals surface area contributed by atoms with Gasteiger partial charge in [0.05, 0.1) is 26.4 Å². The molecule has 0 radical (unpaired) electrons. The van der Waals surface area contributed by atoms with Gasteiger partial charge in [-0.3, -0.25) is 0 Å². The van der Waals surface area contributed by atoms with E-state index in [4.69, 9.17) is 18.9 Å². The zero-order chi connectivity index (χ0) is 27.2. The molecule has 0 saturated heterocycles. The standard InChI is InChI=1S/C31H47NO5/c1-8-34-26-17-24(18-27(19-26)35-9-2)14-16-32(7)15-12-13-25(22-33)29-20-28(36-10-3)21-30(37-11-4)31(29)23(5)6/h17-23,25H,8-16H2,1-7H3/t25-/m0/s1. The minimum Gasteiger partial charge on any atom is -0.494 e. The van der Waals surface area contributed by atoms with Gasteiger partial charge in [-0.1, -0.05) is 13.8 Å². The zero-order valence-corrected chi connectivity index (χ0v) is 24.0. The summed E-state index contributed by atoms with van der Waals surface area (Å²) >= 11 is 0. The Hall–Kier alpha value is -2.73. The van der Waals surface area contributed by atoms with Gasteiger partial charge in [-0.2, -0.15) is 0 Å². The lowest BCUT2D eigenvalue weighted by Crippen LogP contribution is -2.23. The van der Waals surface area contributed by atoms with E-state index >= 15 is 0 Å². The summed E-state index contributed by atoms with van der Waals surface area (Å²) in [6, 6.07) is 10.1. The molecular formula is C31H47NO5. The SMILES string of the molecule is CCOc1cc(CCN(C)CCC[C@@H](C=O)c2cc(OCC)cc(OCC)c2C(C)C)cc(OCC)c1. The lowest BCUT2D eigenvalue weighted by atomic mass is 9.86. The number of carbonyl (C=O) groups excluding carboxylic acids is 1. The smallest absolute Gasteiger partial charge is 0.127 e. The molecule has 6 nitrogen and oxygen atoms in total. The molecule has 1 atom stereocenters. The lowest BCUT2D eigenvalue weighted by molar-refractivity contribution is -0.109. The van der Waals surface area contributed by atoms with Crippen LogP contribution in [0, 0.1) is 0 Å². The van der Waals surface area contributed by atoms with Gasteiger partial charge >= 0.3 is 0 Å². The highest BCUT2D eigenvalue weighted by atomic mass is 16.5. The van der Waals surface area contributed by atoms with Gasteiger partial charge in [-0.15, -0.1) is 0 Å². The van der Waals surface area contributed by atoms with Crippen LogP contribution in [0.25, 0.3) is 0 Å². The van der Waals surface area contributed by atoms with Crippen molar-refractivity contribution in [2.75, 3.05) is 46.6 Å². The van der Waals surface area contributed by atoms with E-state index < -0.39 is 0 Å². The molecule has 2 aromatic rings. The van der Waals surface area contributed by atoms with Crippen molar-refractivity contribution in [1.82, 2.24) is 4.90 Å². The largest absolute Gasteiger partial charge is 0.494 e. The van der Waals surface area contributed by atoms with E-state index in [1.165, 1.54) is 5.56 Å². The average molecular weight is 514 g/mol. The molecule has 0 heterocycles. The number of hydrogen-bond acceptors (Lipinski definition) is 6. The highest BCUT2D eigenvalue weighted by molar-refractivity contribution is 5.66.